The van der Waals surface area contributed by atoms with Crippen molar-refractivity contribution in [2.24, 2.45) is 0 Å². The van der Waals surface area contributed by atoms with Crippen molar-refractivity contribution in [1.29, 1.82) is 0 Å². The number of hydrogen-bond acceptors (Lipinski definition) is 0. The van der Waals surface area contributed by atoms with Gasteiger partial charge in [-0.15, -0.1) is 0 Å². The maximum atomic E-state index is 2.36. The molecule has 0 heteroatoms. The first-order valence-electron chi connectivity index (χ1n) is 7.54. The summed E-state index contributed by atoms with van der Waals surface area (Å²) in [4.78, 5) is 0. The number of hydrogen-bond donors (Lipinski definition) is 0. The predicted octanol–water partition coefficient (Wildman–Crippen LogP) is 6.07. The fourth-order valence-corrected chi connectivity index (χ4v) is 3.32. The molecule has 0 atom stereocenters. The fourth-order valence-electron chi connectivity index (χ4n) is 3.32. The van der Waals surface area contributed by atoms with Crippen molar-refractivity contribution in [2.45, 2.75) is 39.0 Å². The van der Waals surface area contributed by atoms with E-state index in [-0.39, 0.29) is 5.41 Å². The Balaban J connectivity index is 2.30. The van der Waals surface area contributed by atoms with Crippen LogP contribution >= 0.6 is 0 Å². The molecule has 0 aliphatic rings. The summed E-state index contributed by atoms with van der Waals surface area (Å²) in [6.45, 7) is 6.99. The van der Waals surface area contributed by atoms with E-state index in [0.717, 1.165) is 0 Å². The Morgan fingerprint density at radius 2 is 1.45 bits per heavy atom. The molecule has 3 rings (SSSR count). The normalized spacial score (nSPS) is 12.2. The molecule has 0 fully saturated rings. The first-order chi connectivity index (χ1) is 9.62. The van der Waals surface area contributed by atoms with Crippen molar-refractivity contribution in [1.82, 2.24) is 0 Å². The van der Waals surface area contributed by atoms with Gasteiger partial charge in [0, 0.05) is 0 Å². The van der Waals surface area contributed by atoms with Gasteiger partial charge in [0.15, 0.2) is 0 Å². The van der Waals surface area contributed by atoms with Gasteiger partial charge in [-0.3, -0.25) is 0 Å². The molecule has 3 aromatic rings. The third-order valence-corrected chi connectivity index (χ3v) is 4.35. The molecule has 0 bridgehead atoms. The van der Waals surface area contributed by atoms with Gasteiger partial charge in [0.25, 0.3) is 0 Å². The Morgan fingerprint density at radius 3 is 2.15 bits per heavy atom. The van der Waals surface area contributed by atoms with Gasteiger partial charge >= 0.3 is 0 Å². The molecule has 102 valence electrons. The van der Waals surface area contributed by atoms with E-state index in [1.165, 1.54) is 39.9 Å². The van der Waals surface area contributed by atoms with Gasteiger partial charge in [-0.1, -0.05) is 69.7 Å². The molecule has 0 saturated carbocycles. The zero-order valence-corrected chi connectivity index (χ0v) is 12.6. The van der Waals surface area contributed by atoms with Crippen molar-refractivity contribution in [3.63, 3.8) is 0 Å². The summed E-state index contributed by atoms with van der Waals surface area (Å²) >= 11 is 0. The molecular weight excluding hydrogens is 240 g/mol. The first kappa shape index (κ1) is 13.2. The third-order valence-electron chi connectivity index (χ3n) is 4.35. The van der Waals surface area contributed by atoms with Crippen molar-refractivity contribution < 1.29 is 0 Å². The van der Waals surface area contributed by atoms with Crippen LogP contribution in [-0.2, 0) is 5.41 Å². The Labute approximate surface area is 121 Å². The van der Waals surface area contributed by atoms with Gasteiger partial charge in [0.1, 0.15) is 0 Å². The van der Waals surface area contributed by atoms with Crippen LogP contribution in [0.2, 0.25) is 0 Å². The van der Waals surface area contributed by atoms with Crippen LogP contribution in [0.15, 0.2) is 54.6 Å². The molecule has 0 nitrogen and oxygen atoms in total. The van der Waals surface area contributed by atoms with Gasteiger partial charge in [0.2, 0.25) is 0 Å². The zero-order chi connectivity index (χ0) is 14.2. The second-order valence-electron chi connectivity index (χ2n) is 6.36. The van der Waals surface area contributed by atoms with Gasteiger partial charge in [-0.25, -0.2) is 0 Å². The van der Waals surface area contributed by atoms with E-state index in [0.29, 0.717) is 0 Å². The Morgan fingerprint density at radius 1 is 0.800 bits per heavy atom. The minimum absolute atomic E-state index is 0.233. The Bertz CT molecular complexity index is 750. The summed E-state index contributed by atoms with van der Waals surface area (Å²) < 4.78 is 0. The minimum Gasteiger partial charge on any atom is -0.0654 e. The van der Waals surface area contributed by atoms with Crippen LogP contribution in [0.4, 0.5) is 0 Å². The highest BCUT2D eigenvalue weighted by molar-refractivity contribution is 5.99. The molecule has 0 aliphatic heterocycles. The van der Waals surface area contributed by atoms with E-state index < -0.39 is 0 Å². The van der Waals surface area contributed by atoms with E-state index in [9.17, 15) is 0 Å². The van der Waals surface area contributed by atoms with Crippen LogP contribution < -0.4 is 0 Å². The maximum Gasteiger partial charge on any atom is -0.00975 e. The third kappa shape index (κ3) is 2.20. The molecule has 0 unspecified atom stereocenters. The lowest BCUT2D eigenvalue weighted by Crippen LogP contribution is -2.16. The van der Waals surface area contributed by atoms with E-state index in [2.05, 4.69) is 75.4 Å². The van der Waals surface area contributed by atoms with Crippen LogP contribution in [0.25, 0.3) is 21.5 Å². The van der Waals surface area contributed by atoms with Crippen LogP contribution in [0.5, 0.6) is 0 Å². The summed E-state index contributed by atoms with van der Waals surface area (Å²) in [7, 11) is 0. The lowest BCUT2D eigenvalue weighted by Gasteiger charge is -2.26. The average molecular weight is 262 g/mol. The van der Waals surface area contributed by atoms with Gasteiger partial charge in [0.05, 0.1) is 0 Å². The number of benzene rings is 3. The summed E-state index contributed by atoms with van der Waals surface area (Å²) in [5.41, 5.74) is 1.71. The molecule has 0 spiro atoms. The summed E-state index contributed by atoms with van der Waals surface area (Å²) in [6, 6.07) is 20.0. The monoisotopic (exact) mass is 262 g/mol. The van der Waals surface area contributed by atoms with Crippen LogP contribution in [0.1, 0.15) is 39.2 Å². The zero-order valence-electron chi connectivity index (χ0n) is 12.6. The summed E-state index contributed by atoms with van der Waals surface area (Å²) in [5, 5.41) is 5.42. The molecule has 20 heavy (non-hydrogen) atoms. The van der Waals surface area contributed by atoms with Crippen LogP contribution in [0, 0.1) is 0 Å². The lowest BCUT2D eigenvalue weighted by atomic mass is 9.78. The van der Waals surface area contributed by atoms with Crippen LogP contribution in [0.3, 0.4) is 0 Å². The van der Waals surface area contributed by atoms with E-state index in [1.54, 1.807) is 0 Å². The second kappa shape index (κ2) is 4.94. The van der Waals surface area contributed by atoms with Gasteiger partial charge < -0.3 is 0 Å². The lowest BCUT2D eigenvalue weighted by molar-refractivity contribution is 0.477. The van der Waals surface area contributed by atoms with Crippen LogP contribution in [-0.4, -0.2) is 0 Å². The number of rotatable bonds is 3. The van der Waals surface area contributed by atoms with Crippen molar-refractivity contribution in [3.05, 3.63) is 60.2 Å². The van der Waals surface area contributed by atoms with Gasteiger partial charge in [-0.2, -0.15) is 0 Å². The molecule has 0 saturated heterocycles. The average Bonchev–Trinajstić information content (AvgIpc) is 2.44. The molecular formula is C20H22. The van der Waals surface area contributed by atoms with Crippen molar-refractivity contribution >= 4 is 21.5 Å². The molecule has 0 amide bonds. The highest BCUT2D eigenvalue weighted by atomic mass is 14.3. The Hall–Kier alpha value is -1.82. The molecule has 0 N–H and O–H groups in total. The topological polar surface area (TPSA) is 0 Å². The van der Waals surface area contributed by atoms with Crippen molar-refractivity contribution in [3.8, 4) is 0 Å². The van der Waals surface area contributed by atoms with Crippen molar-refractivity contribution in [2.75, 3.05) is 0 Å². The van der Waals surface area contributed by atoms with E-state index >= 15 is 0 Å². The predicted molar refractivity (Wildman–Crippen MR) is 89.4 cm³/mol. The molecule has 3 aromatic carbocycles. The smallest absolute Gasteiger partial charge is 0.00975 e. The SMILES string of the molecule is CCCC(C)(C)c1cccc2cc3ccccc3cc12. The summed E-state index contributed by atoms with van der Waals surface area (Å²) in [5.74, 6) is 0. The highest BCUT2D eigenvalue weighted by Crippen LogP contribution is 2.35. The number of fused-ring (bicyclic) bond motifs is 2. The minimum atomic E-state index is 0.233. The fraction of sp³-hybridized carbons (Fsp3) is 0.300. The maximum absolute atomic E-state index is 2.36. The molecule has 0 radical (unpaired) electrons. The second-order valence-corrected chi connectivity index (χ2v) is 6.36. The standard InChI is InChI=1S/C20H22/c1-4-12-20(2,3)19-11-7-10-17-13-15-8-5-6-9-16(15)14-18(17)19/h5-11,13-14H,4,12H2,1-3H3. The Kier molecular flexibility index (Phi) is 3.25. The summed E-state index contributed by atoms with van der Waals surface area (Å²) in [6.07, 6.45) is 2.44. The largest absolute Gasteiger partial charge is 0.0654 e. The molecule has 0 heterocycles. The quantitative estimate of drug-likeness (QED) is 0.502. The molecule has 0 aromatic heterocycles. The highest BCUT2D eigenvalue weighted by Gasteiger charge is 2.21. The van der Waals surface area contributed by atoms with Gasteiger partial charge in [-0.05, 0) is 51.1 Å². The first-order valence-corrected chi connectivity index (χ1v) is 7.54. The van der Waals surface area contributed by atoms with E-state index in [1.807, 2.05) is 0 Å². The van der Waals surface area contributed by atoms with E-state index in [4.69, 9.17) is 0 Å². The molecule has 0 aliphatic carbocycles.